The SMILES string of the molecule is NC(=NCC1CCC1)NCCC1CC2CCC1C2. The summed E-state index contributed by atoms with van der Waals surface area (Å²) in [5.41, 5.74) is 5.90. The van der Waals surface area contributed by atoms with E-state index < -0.39 is 0 Å². The molecule has 3 fully saturated rings. The molecule has 3 unspecified atom stereocenters. The van der Waals surface area contributed by atoms with Crippen LogP contribution >= 0.6 is 0 Å². The molecule has 2 bridgehead atoms. The fourth-order valence-electron chi connectivity index (χ4n) is 4.07. The molecule has 3 saturated carbocycles. The monoisotopic (exact) mass is 249 g/mol. The Morgan fingerprint density at radius 3 is 2.67 bits per heavy atom. The molecule has 3 nitrogen and oxygen atoms in total. The fourth-order valence-corrected chi connectivity index (χ4v) is 4.07. The standard InChI is InChI=1S/C15H27N3/c16-15(18-10-11-2-1-3-11)17-7-6-14-9-12-4-5-13(14)8-12/h11-14H,1-10H2,(H3,16,17,18). The van der Waals surface area contributed by atoms with Gasteiger partial charge in [0.05, 0.1) is 0 Å². The second-order valence-electron chi connectivity index (χ2n) is 6.67. The summed E-state index contributed by atoms with van der Waals surface area (Å²) in [5, 5.41) is 3.30. The predicted molar refractivity (Wildman–Crippen MR) is 75.4 cm³/mol. The molecule has 102 valence electrons. The van der Waals surface area contributed by atoms with Gasteiger partial charge in [0, 0.05) is 13.1 Å². The smallest absolute Gasteiger partial charge is 0.188 e. The van der Waals surface area contributed by atoms with Crippen LogP contribution in [0.25, 0.3) is 0 Å². The van der Waals surface area contributed by atoms with Crippen molar-refractivity contribution in [2.75, 3.05) is 13.1 Å². The number of fused-ring (bicyclic) bond motifs is 2. The Morgan fingerprint density at radius 1 is 1.17 bits per heavy atom. The molecule has 3 N–H and O–H groups in total. The van der Waals surface area contributed by atoms with Crippen molar-refractivity contribution in [1.82, 2.24) is 5.32 Å². The van der Waals surface area contributed by atoms with Gasteiger partial charge in [0.2, 0.25) is 0 Å². The van der Waals surface area contributed by atoms with E-state index in [4.69, 9.17) is 5.73 Å². The molecule has 3 aliphatic carbocycles. The first-order valence-electron chi connectivity index (χ1n) is 7.85. The topological polar surface area (TPSA) is 50.4 Å². The van der Waals surface area contributed by atoms with Gasteiger partial charge in [-0.25, -0.2) is 0 Å². The minimum absolute atomic E-state index is 0.671. The summed E-state index contributed by atoms with van der Waals surface area (Å²) < 4.78 is 0. The molecule has 0 heterocycles. The molecule has 18 heavy (non-hydrogen) atoms. The number of hydrogen-bond acceptors (Lipinski definition) is 1. The third kappa shape index (κ3) is 2.81. The van der Waals surface area contributed by atoms with Crippen molar-refractivity contribution < 1.29 is 0 Å². The first kappa shape index (κ1) is 12.3. The van der Waals surface area contributed by atoms with Gasteiger partial charge in [0.25, 0.3) is 0 Å². The van der Waals surface area contributed by atoms with Crippen LogP contribution < -0.4 is 11.1 Å². The van der Waals surface area contributed by atoms with Crippen LogP contribution in [-0.4, -0.2) is 19.0 Å². The Labute approximate surface area is 111 Å². The first-order valence-corrected chi connectivity index (χ1v) is 7.85. The van der Waals surface area contributed by atoms with E-state index in [0.29, 0.717) is 5.96 Å². The average Bonchev–Trinajstić information content (AvgIpc) is 2.88. The summed E-state index contributed by atoms with van der Waals surface area (Å²) in [6.07, 6.45) is 11.4. The van der Waals surface area contributed by atoms with E-state index in [1.54, 1.807) is 0 Å². The number of nitrogens with two attached hydrogens (primary N) is 1. The van der Waals surface area contributed by atoms with Crippen LogP contribution in [0.3, 0.4) is 0 Å². The highest BCUT2D eigenvalue weighted by molar-refractivity contribution is 5.77. The van der Waals surface area contributed by atoms with Gasteiger partial charge >= 0.3 is 0 Å². The zero-order chi connectivity index (χ0) is 12.4. The van der Waals surface area contributed by atoms with Crippen LogP contribution in [0.5, 0.6) is 0 Å². The molecule has 3 aliphatic rings. The molecule has 0 saturated heterocycles. The minimum atomic E-state index is 0.671. The lowest BCUT2D eigenvalue weighted by molar-refractivity contribution is 0.314. The number of rotatable bonds is 5. The lowest BCUT2D eigenvalue weighted by Crippen LogP contribution is -2.34. The molecule has 0 aliphatic heterocycles. The van der Waals surface area contributed by atoms with E-state index in [9.17, 15) is 0 Å². The molecule has 3 atom stereocenters. The maximum absolute atomic E-state index is 5.90. The van der Waals surface area contributed by atoms with Crippen molar-refractivity contribution >= 4 is 5.96 Å². The van der Waals surface area contributed by atoms with Crippen LogP contribution in [0.4, 0.5) is 0 Å². The van der Waals surface area contributed by atoms with E-state index in [-0.39, 0.29) is 0 Å². The van der Waals surface area contributed by atoms with Crippen molar-refractivity contribution in [2.45, 2.75) is 51.4 Å². The van der Waals surface area contributed by atoms with Gasteiger partial charge in [-0.15, -0.1) is 0 Å². The number of nitrogens with zero attached hydrogens (tertiary/aromatic N) is 1. The molecule has 0 spiro atoms. The maximum Gasteiger partial charge on any atom is 0.188 e. The molecule has 3 rings (SSSR count). The minimum Gasteiger partial charge on any atom is -0.370 e. The molecular formula is C15H27N3. The summed E-state index contributed by atoms with van der Waals surface area (Å²) >= 11 is 0. The first-order chi connectivity index (χ1) is 8.81. The van der Waals surface area contributed by atoms with E-state index in [0.717, 1.165) is 36.8 Å². The van der Waals surface area contributed by atoms with Gasteiger partial charge < -0.3 is 11.1 Å². The lowest BCUT2D eigenvalue weighted by atomic mass is 9.86. The Kier molecular flexibility index (Phi) is 3.76. The highest BCUT2D eigenvalue weighted by atomic mass is 15.1. The average molecular weight is 249 g/mol. The molecule has 0 aromatic heterocycles. The molecule has 0 radical (unpaired) electrons. The van der Waals surface area contributed by atoms with Crippen molar-refractivity contribution in [1.29, 1.82) is 0 Å². The van der Waals surface area contributed by atoms with Gasteiger partial charge in [-0.2, -0.15) is 0 Å². The van der Waals surface area contributed by atoms with Crippen molar-refractivity contribution in [3.05, 3.63) is 0 Å². The third-order valence-corrected chi connectivity index (χ3v) is 5.45. The Morgan fingerprint density at radius 2 is 2.06 bits per heavy atom. The predicted octanol–water partition coefficient (Wildman–Crippen LogP) is 2.52. The fraction of sp³-hybridized carbons (Fsp3) is 0.933. The molecule has 0 aromatic rings. The summed E-state index contributed by atoms with van der Waals surface area (Å²) in [4.78, 5) is 4.44. The van der Waals surface area contributed by atoms with Crippen molar-refractivity contribution in [2.24, 2.45) is 34.4 Å². The molecular weight excluding hydrogens is 222 g/mol. The van der Waals surface area contributed by atoms with E-state index >= 15 is 0 Å². The van der Waals surface area contributed by atoms with Crippen molar-refractivity contribution in [3.63, 3.8) is 0 Å². The van der Waals surface area contributed by atoms with Crippen LogP contribution in [0.2, 0.25) is 0 Å². The van der Waals surface area contributed by atoms with Crippen LogP contribution in [0, 0.1) is 23.7 Å². The number of aliphatic imine (C=N–C) groups is 1. The second kappa shape index (κ2) is 5.50. The molecule has 0 amide bonds. The molecule has 0 aromatic carbocycles. The summed E-state index contributed by atoms with van der Waals surface area (Å²) in [6, 6.07) is 0. The van der Waals surface area contributed by atoms with Crippen LogP contribution in [0.1, 0.15) is 51.4 Å². The highest BCUT2D eigenvalue weighted by Gasteiger charge is 2.38. The number of hydrogen-bond donors (Lipinski definition) is 2. The normalized spacial score (nSPS) is 35.8. The largest absolute Gasteiger partial charge is 0.370 e. The zero-order valence-electron chi connectivity index (χ0n) is 11.4. The van der Waals surface area contributed by atoms with Crippen LogP contribution in [-0.2, 0) is 0 Å². The van der Waals surface area contributed by atoms with Gasteiger partial charge in [0.15, 0.2) is 5.96 Å². The lowest BCUT2D eigenvalue weighted by Gasteiger charge is -2.23. The number of nitrogens with one attached hydrogen (secondary N) is 1. The quantitative estimate of drug-likeness (QED) is 0.581. The van der Waals surface area contributed by atoms with E-state index in [2.05, 4.69) is 10.3 Å². The number of guanidine groups is 1. The van der Waals surface area contributed by atoms with Gasteiger partial charge in [-0.05, 0) is 62.2 Å². The second-order valence-corrected chi connectivity index (χ2v) is 6.67. The summed E-state index contributed by atoms with van der Waals surface area (Å²) in [7, 11) is 0. The van der Waals surface area contributed by atoms with Gasteiger partial charge in [-0.1, -0.05) is 12.8 Å². The Hall–Kier alpha value is -0.730. The third-order valence-electron chi connectivity index (χ3n) is 5.45. The summed E-state index contributed by atoms with van der Waals surface area (Å²) in [5.74, 6) is 4.55. The van der Waals surface area contributed by atoms with E-state index in [1.165, 1.54) is 51.4 Å². The maximum atomic E-state index is 5.90. The molecule has 3 heteroatoms. The van der Waals surface area contributed by atoms with Gasteiger partial charge in [-0.3, -0.25) is 4.99 Å². The van der Waals surface area contributed by atoms with E-state index in [1.807, 2.05) is 0 Å². The Balaban J connectivity index is 1.31. The zero-order valence-corrected chi connectivity index (χ0v) is 11.4. The van der Waals surface area contributed by atoms with Gasteiger partial charge in [0.1, 0.15) is 0 Å². The van der Waals surface area contributed by atoms with Crippen LogP contribution in [0.15, 0.2) is 4.99 Å². The Bertz CT molecular complexity index is 309. The van der Waals surface area contributed by atoms with Crippen molar-refractivity contribution in [3.8, 4) is 0 Å². The summed E-state index contributed by atoms with van der Waals surface area (Å²) in [6.45, 7) is 1.96. The highest BCUT2D eigenvalue weighted by Crippen LogP contribution is 2.49.